The Bertz CT molecular complexity index is 231. The van der Waals surface area contributed by atoms with Gasteiger partial charge >= 0.3 is 0 Å². The standard InChI is InChI=1S/C8H12N2/c1-3-7-4-5-10-6(2)8(7)9/h4-5H,3,9H2,1-2H3. The summed E-state index contributed by atoms with van der Waals surface area (Å²) in [6, 6.07) is 1.96. The van der Waals surface area contributed by atoms with Gasteiger partial charge < -0.3 is 5.73 Å². The minimum Gasteiger partial charge on any atom is -0.397 e. The molecule has 2 N–H and O–H groups in total. The van der Waals surface area contributed by atoms with E-state index in [1.165, 1.54) is 5.56 Å². The van der Waals surface area contributed by atoms with Gasteiger partial charge in [-0.25, -0.2) is 0 Å². The van der Waals surface area contributed by atoms with E-state index in [0.717, 1.165) is 17.8 Å². The van der Waals surface area contributed by atoms with Crippen molar-refractivity contribution < 1.29 is 0 Å². The summed E-state index contributed by atoms with van der Waals surface area (Å²) >= 11 is 0. The Kier molecular flexibility index (Phi) is 1.90. The molecule has 1 rings (SSSR count). The number of pyridine rings is 1. The zero-order valence-electron chi connectivity index (χ0n) is 6.39. The highest BCUT2D eigenvalue weighted by Gasteiger charge is 1.97. The number of nitrogen functional groups attached to an aromatic ring is 1. The third kappa shape index (κ3) is 1.10. The van der Waals surface area contributed by atoms with E-state index in [1.807, 2.05) is 13.0 Å². The minimum atomic E-state index is 0.838. The van der Waals surface area contributed by atoms with Crippen molar-refractivity contribution in [2.75, 3.05) is 5.73 Å². The molecule has 0 radical (unpaired) electrons. The van der Waals surface area contributed by atoms with Gasteiger partial charge in [0, 0.05) is 6.20 Å². The molecule has 0 saturated carbocycles. The van der Waals surface area contributed by atoms with Gasteiger partial charge in [-0.2, -0.15) is 0 Å². The van der Waals surface area contributed by atoms with E-state index < -0.39 is 0 Å². The lowest BCUT2D eigenvalue weighted by Gasteiger charge is -2.03. The number of aryl methyl sites for hydroxylation is 2. The van der Waals surface area contributed by atoms with Crippen molar-refractivity contribution in [3.05, 3.63) is 23.5 Å². The fraction of sp³-hybridized carbons (Fsp3) is 0.375. The van der Waals surface area contributed by atoms with E-state index in [0.29, 0.717) is 0 Å². The molecular weight excluding hydrogens is 124 g/mol. The van der Waals surface area contributed by atoms with Crippen LogP contribution in [0.25, 0.3) is 0 Å². The molecule has 0 amide bonds. The van der Waals surface area contributed by atoms with Gasteiger partial charge in [0.25, 0.3) is 0 Å². The zero-order chi connectivity index (χ0) is 7.56. The molecule has 1 aromatic heterocycles. The van der Waals surface area contributed by atoms with Crippen LogP contribution in [0.4, 0.5) is 5.69 Å². The van der Waals surface area contributed by atoms with Gasteiger partial charge in [0.05, 0.1) is 11.4 Å². The Hall–Kier alpha value is -1.05. The van der Waals surface area contributed by atoms with Gasteiger partial charge in [0.1, 0.15) is 0 Å². The van der Waals surface area contributed by atoms with E-state index in [-0.39, 0.29) is 0 Å². The second-order valence-electron chi connectivity index (χ2n) is 2.32. The molecule has 0 unspecified atom stereocenters. The molecule has 0 spiro atoms. The lowest BCUT2D eigenvalue weighted by Crippen LogP contribution is -1.97. The van der Waals surface area contributed by atoms with Crippen LogP contribution in [0.2, 0.25) is 0 Å². The first-order chi connectivity index (χ1) is 4.75. The first kappa shape index (κ1) is 7.06. The van der Waals surface area contributed by atoms with E-state index in [2.05, 4.69) is 11.9 Å². The Labute approximate surface area is 61.1 Å². The number of nitrogens with two attached hydrogens (primary N) is 1. The molecule has 2 nitrogen and oxygen atoms in total. The van der Waals surface area contributed by atoms with Crippen LogP contribution >= 0.6 is 0 Å². The fourth-order valence-electron chi connectivity index (χ4n) is 0.939. The largest absolute Gasteiger partial charge is 0.397 e. The fourth-order valence-corrected chi connectivity index (χ4v) is 0.939. The molecule has 10 heavy (non-hydrogen) atoms. The van der Waals surface area contributed by atoms with Crippen LogP contribution in [-0.2, 0) is 6.42 Å². The summed E-state index contributed by atoms with van der Waals surface area (Å²) in [5.74, 6) is 0. The zero-order valence-corrected chi connectivity index (χ0v) is 6.39. The van der Waals surface area contributed by atoms with Crippen LogP contribution < -0.4 is 5.73 Å². The van der Waals surface area contributed by atoms with E-state index in [4.69, 9.17) is 5.73 Å². The van der Waals surface area contributed by atoms with E-state index in [1.54, 1.807) is 6.20 Å². The average molecular weight is 136 g/mol. The van der Waals surface area contributed by atoms with Crippen molar-refractivity contribution in [1.29, 1.82) is 0 Å². The number of aromatic nitrogens is 1. The average Bonchev–Trinajstić information content (AvgIpc) is 1.95. The summed E-state index contributed by atoms with van der Waals surface area (Å²) < 4.78 is 0. The Morgan fingerprint density at radius 3 is 2.80 bits per heavy atom. The molecule has 0 aliphatic rings. The van der Waals surface area contributed by atoms with Gasteiger partial charge in [-0.15, -0.1) is 0 Å². The number of rotatable bonds is 1. The normalized spacial score (nSPS) is 9.80. The molecule has 0 aliphatic heterocycles. The SMILES string of the molecule is CCc1ccnc(C)c1N. The number of hydrogen-bond donors (Lipinski definition) is 1. The summed E-state index contributed by atoms with van der Waals surface area (Å²) in [7, 11) is 0. The quantitative estimate of drug-likeness (QED) is 0.636. The topological polar surface area (TPSA) is 38.9 Å². The van der Waals surface area contributed by atoms with Crippen molar-refractivity contribution in [3.63, 3.8) is 0 Å². The predicted molar refractivity (Wildman–Crippen MR) is 42.8 cm³/mol. The monoisotopic (exact) mass is 136 g/mol. The molecule has 0 saturated heterocycles. The molecular formula is C8H12N2. The number of anilines is 1. The molecule has 0 fully saturated rings. The lowest BCUT2D eigenvalue weighted by atomic mass is 10.1. The van der Waals surface area contributed by atoms with Crippen LogP contribution in [0.15, 0.2) is 12.3 Å². The van der Waals surface area contributed by atoms with Gasteiger partial charge in [-0.1, -0.05) is 6.92 Å². The summed E-state index contributed by atoms with van der Waals surface area (Å²) in [5.41, 5.74) is 8.69. The van der Waals surface area contributed by atoms with Crippen molar-refractivity contribution in [1.82, 2.24) is 4.98 Å². The molecule has 2 heteroatoms. The maximum Gasteiger partial charge on any atom is 0.0604 e. The summed E-state index contributed by atoms with van der Waals surface area (Å²) in [4.78, 5) is 4.06. The minimum absolute atomic E-state index is 0.838. The van der Waals surface area contributed by atoms with Gasteiger partial charge in [-0.3, -0.25) is 4.98 Å². The molecule has 1 aromatic rings. The maximum absolute atomic E-state index is 5.73. The van der Waals surface area contributed by atoms with Crippen molar-refractivity contribution in [2.24, 2.45) is 0 Å². The molecule has 0 aromatic carbocycles. The van der Waals surface area contributed by atoms with Gasteiger partial charge in [0.15, 0.2) is 0 Å². The lowest BCUT2D eigenvalue weighted by molar-refractivity contribution is 1.10. The van der Waals surface area contributed by atoms with Crippen molar-refractivity contribution in [2.45, 2.75) is 20.3 Å². The molecule has 0 aliphatic carbocycles. The van der Waals surface area contributed by atoms with Crippen LogP contribution in [0, 0.1) is 6.92 Å². The third-order valence-corrected chi connectivity index (χ3v) is 1.66. The Morgan fingerprint density at radius 2 is 2.30 bits per heavy atom. The first-order valence-corrected chi connectivity index (χ1v) is 3.45. The highest BCUT2D eigenvalue weighted by molar-refractivity contribution is 5.49. The molecule has 1 heterocycles. The van der Waals surface area contributed by atoms with Crippen LogP contribution in [0.1, 0.15) is 18.2 Å². The van der Waals surface area contributed by atoms with Gasteiger partial charge in [0.2, 0.25) is 0 Å². The van der Waals surface area contributed by atoms with Crippen LogP contribution in [0.5, 0.6) is 0 Å². The van der Waals surface area contributed by atoms with E-state index in [9.17, 15) is 0 Å². The second kappa shape index (κ2) is 2.69. The smallest absolute Gasteiger partial charge is 0.0604 e. The third-order valence-electron chi connectivity index (χ3n) is 1.66. The Morgan fingerprint density at radius 1 is 1.60 bits per heavy atom. The van der Waals surface area contributed by atoms with Gasteiger partial charge in [-0.05, 0) is 25.0 Å². The van der Waals surface area contributed by atoms with Crippen molar-refractivity contribution in [3.8, 4) is 0 Å². The van der Waals surface area contributed by atoms with E-state index >= 15 is 0 Å². The van der Waals surface area contributed by atoms with Crippen LogP contribution in [-0.4, -0.2) is 4.98 Å². The molecule has 0 atom stereocenters. The number of nitrogens with zero attached hydrogens (tertiary/aromatic N) is 1. The molecule has 0 bridgehead atoms. The second-order valence-corrected chi connectivity index (χ2v) is 2.32. The number of hydrogen-bond acceptors (Lipinski definition) is 2. The Balaban J connectivity index is 3.14. The summed E-state index contributed by atoms with van der Waals surface area (Å²) in [5, 5.41) is 0. The maximum atomic E-state index is 5.73. The highest BCUT2D eigenvalue weighted by atomic mass is 14.7. The summed E-state index contributed by atoms with van der Waals surface area (Å²) in [6.45, 7) is 4.01. The summed E-state index contributed by atoms with van der Waals surface area (Å²) in [6.07, 6.45) is 2.78. The first-order valence-electron chi connectivity index (χ1n) is 3.45. The van der Waals surface area contributed by atoms with Crippen molar-refractivity contribution >= 4 is 5.69 Å². The van der Waals surface area contributed by atoms with Crippen LogP contribution in [0.3, 0.4) is 0 Å². The highest BCUT2D eigenvalue weighted by Crippen LogP contribution is 2.13. The predicted octanol–water partition coefficient (Wildman–Crippen LogP) is 1.53. The molecule has 54 valence electrons.